The van der Waals surface area contributed by atoms with Gasteiger partial charge in [-0.1, -0.05) is 0 Å². The molecule has 0 rings (SSSR count). The fourth-order valence-corrected chi connectivity index (χ4v) is 0.844. The molecule has 4 N–H and O–H groups in total. The maximum Gasteiger partial charge on any atom is 0.220 e. The van der Waals surface area contributed by atoms with Gasteiger partial charge in [0.1, 0.15) is 0 Å². The molecule has 0 aliphatic rings. The first kappa shape index (κ1) is 11.4. The highest BCUT2D eigenvalue weighted by Crippen LogP contribution is 1.85. The summed E-state index contributed by atoms with van der Waals surface area (Å²) in [7, 11) is 1.90. The molecule has 0 spiro atoms. The molecule has 0 saturated carbocycles. The molecule has 0 bridgehead atoms. The molecule has 0 aliphatic carbocycles. The van der Waals surface area contributed by atoms with E-state index in [1.54, 1.807) is 0 Å². The van der Waals surface area contributed by atoms with Crippen LogP contribution < -0.4 is 16.4 Å². The molecule has 0 aromatic heterocycles. The van der Waals surface area contributed by atoms with Gasteiger partial charge in [0, 0.05) is 13.0 Å². The molecule has 72 valence electrons. The third-order valence-electron chi connectivity index (χ3n) is 1.53. The van der Waals surface area contributed by atoms with Crippen molar-refractivity contribution >= 4 is 5.91 Å². The van der Waals surface area contributed by atoms with Crippen molar-refractivity contribution in [2.75, 3.05) is 26.7 Å². The highest BCUT2D eigenvalue weighted by atomic mass is 16.1. The lowest BCUT2D eigenvalue weighted by atomic mass is 10.3. The largest absolute Gasteiger partial charge is 0.356 e. The number of amides is 1. The first-order valence-corrected chi connectivity index (χ1v) is 4.42. The maximum absolute atomic E-state index is 11.0. The number of hydrogen-bond acceptors (Lipinski definition) is 3. The van der Waals surface area contributed by atoms with Crippen molar-refractivity contribution in [2.45, 2.75) is 19.3 Å². The zero-order valence-corrected chi connectivity index (χ0v) is 7.73. The van der Waals surface area contributed by atoms with Gasteiger partial charge in [-0.25, -0.2) is 0 Å². The fraction of sp³-hybridized carbons (Fsp3) is 0.875. The van der Waals surface area contributed by atoms with Crippen LogP contribution in [0.3, 0.4) is 0 Å². The van der Waals surface area contributed by atoms with Crippen molar-refractivity contribution in [3.8, 4) is 0 Å². The summed E-state index contributed by atoms with van der Waals surface area (Å²) in [6.07, 6.45) is 2.30. The second-order valence-corrected chi connectivity index (χ2v) is 2.70. The molecule has 0 heterocycles. The minimum Gasteiger partial charge on any atom is -0.356 e. The third-order valence-corrected chi connectivity index (χ3v) is 1.53. The first-order chi connectivity index (χ1) is 5.81. The monoisotopic (exact) mass is 173 g/mol. The van der Waals surface area contributed by atoms with Gasteiger partial charge >= 0.3 is 0 Å². The lowest BCUT2D eigenvalue weighted by Crippen LogP contribution is -2.26. The number of carbonyl (C=O) groups excluding carboxylic acids is 1. The Kier molecular flexibility index (Phi) is 8.05. The summed E-state index contributed by atoms with van der Waals surface area (Å²) in [5.41, 5.74) is 5.26. The van der Waals surface area contributed by atoms with Crippen LogP contribution in [0.25, 0.3) is 0 Å². The zero-order valence-electron chi connectivity index (χ0n) is 7.73. The Morgan fingerprint density at radius 3 is 2.67 bits per heavy atom. The molecule has 4 nitrogen and oxygen atoms in total. The van der Waals surface area contributed by atoms with E-state index in [0.29, 0.717) is 13.0 Å². The fourth-order valence-electron chi connectivity index (χ4n) is 0.844. The number of nitrogens with one attached hydrogen (secondary N) is 2. The summed E-state index contributed by atoms with van der Waals surface area (Å²) in [6, 6.07) is 0. The molecule has 0 unspecified atom stereocenters. The Morgan fingerprint density at radius 2 is 2.08 bits per heavy atom. The van der Waals surface area contributed by atoms with E-state index in [0.717, 1.165) is 25.9 Å². The molecule has 0 fully saturated rings. The van der Waals surface area contributed by atoms with Gasteiger partial charge in [-0.3, -0.25) is 4.79 Å². The van der Waals surface area contributed by atoms with Crippen LogP contribution in [0.1, 0.15) is 19.3 Å². The second kappa shape index (κ2) is 8.49. The molecule has 0 radical (unpaired) electrons. The van der Waals surface area contributed by atoms with Crippen molar-refractivity contribution in [2.24, 2.45) is 5.73 Å². The van der Waals surface area contributed by atoms with E-state index < -0.39 is 0 Å². The van der Waals surface area contributed by atoms with Crippen LogP contribution in [0, 0.1) is 0 Å². The first-order valence-electron chi connectivity index (χ1n) is 4.42. The van der Waals surface area contributed by atoms with Crippen LogP contribution in [-0.2, 0) is 4.79 Å². The van der Waals surface area contributed by atoms with Gasteiger partial charge < -0.3 is 16.4 Å². The minimum absolute atomic E-state index is 0.108. The summed E-state index contributed by atoms with van der Waals surface area (Å²) in [5.74, 6) is 0.108. The van der Waals surface area contributed by atoms with E-state index in [-0.39, 0.29) is 5.91 Å². The van der Waals surface area contributed by atoms with Crippen LogP contribution in [0.15, 0.2) is 0 Å². The Morgan fingerprint density at radius 1 is 1.33 bits per heavy atom. The maximum atomic E-state index is 11.0. The van der Waals surface area contributed by atoms with Gasteiger partial charge in [-0.2, -0.15) is 0 Å². The van der Waals surface area contributed by atoms with E-state index in [2.05, 4.69) is 10.6 Å². The van der Waals surface area contributed by atoms with E-state index in [1.165, 1.54) is 0 Å². The Labute approximate surface area is 73.9 Å². The molecule has 0 aromatic carbocycles. The summed E-state index contributed by atoms with van der Waals surface area (Å²) in [4.78, 5) is 11.0. The van der Waals surface area contributed by atoms with Gasteiger partial charge in [0.2, 0.25) is 5.91 Å². The van der Waals surface area contributed by atoms with Crippen LogP contribution in [0.2, 0.25) is 0 Å². The Hall–Kier alpha value is -0.610. The average Bonchev–Trinajstić information content (AvgIpc) is 2.09. The van der Waals surface area contributed by atoms with Gasteiger partial charge in [0.15, 0.2) is 0 Å². The van der Waals surface area contributed by atoms with Crippen molar-refractivity contribution in [1.82, 2.24) is 10.6 Å². The van der Waals surface area contributed by atoms with Crippen molar-refractivity contribution in [1.29, 1.82) is 0 Å². The highest BCUT2D eigenvalue weighted by molar-refractivity contribution is 5.75. The Bertz CT molecular complexity index is 117. The molecule has 12 heavy (non-hydrogen) atoms. The van der Waals surface area contributed by atoms with Crippen molar-refractivity contribution < 1.29 is 4.79 Å². The van der Waals surface area contributed by atoms with E-state index in [9.17, 15) is 4.79 Å². The van der Waals surface area contributed by atoms with Crippen LogP contribution in [0.5, 0.6) is 0 Å². The summed E-state index contributed by atoms with van der Waals surface area (Å²) in [5, 5.41) is 5.83. The zero-order chi connectivity index (χ0) is 9.23. The van der Waals surface area contributed by atoms with E-state index in [4.69, 9.17) is 5.73 Å². The predicted molar refractivity (Wildman–Crippen MR) is 49.8 cm³/mol. The average molecular weight is 173 g/mol. The molecule has 0 saturated heterocycles. The van der Waals surface area contributed by atoms with Crippen LogP contribution in [-0.4, -0.2) is 32.6 Å². The standard InChI is InChI=1S/C8H19N3O/c1-10-6-3-7-11-8(12)4-2-5-9/h10H,2-7,9H2,1H3,(H,11,12). The molecular weight excluding hydrogens is 154 g/mol. The minimum atomic E-state index is 0.108. The number of carbonyl (C=O) groups is 1. The molecule has 0 aromatic rings. The second-order valence-electron chi connectivity index (χ2n) is 2.70. The van der Waals surface area contributed by atoms with Gasteiger partial charge in [-0.05, 0) is 33.0 Å². The SMILES string of the molecule is CNCCCNC(=O)CCCN. The van der Waals surface area contributed by atoms with Crippen LogP contribution in [0.4, 0.5) is 0 Å². The van der Waals surface area contributed by atoms with Crippen LogP contribution >= 0.6 is 0 Å². The summed E-state index contributed by atoms with van der Waals surface area (Å²) < 4.78 is 0. The number of rotatable bonds is 7. The molecule has 4 heteroatoms. The number of hydrogen-bond donors (Lipinski definition) is 3. The van der Waals surface area contributed by atoms with Crippen molar-refractivity contribution in [3.05, 3.63) is 0 Å². The van der Waals surface area contributed by atoms with E-state index >= 15 is 0 Å². The number of nitrogens with two attached hydrogens (primary N) is 1. The Balaban J connectivity index is 3.08. The normalized spacial score (nSPS) is 9.83. The quantitative estimate of drug-likeness (QED) is 0.453. The molecule has 0 atom stereocenters. The third kappa shape index (κ3) is 7.50. The lowest BCUT2D eigenvalue weighted by Gasteiger charge is -2.03. The molecule has 0 aliphatic heterocycles. The summed E-state index contributed by atoms with van der Waals surface area (Å²) in [6.45, 7) is 2.28. The summed E-state index contributed by atoms with van der Waals surface area (Å²) >= 11 is 0. The van der Waals surface area contributed by atoms with Gasteiger partial charge in [0.25, 0.3) is 0 Å². The highest BCUT2D eigenvalue weighted by Gasteiger charge is 1.97. The predicted octanol–water partition coefficient (Wildman–Crippen LogP) is -0.549. The lowest BCUT2D eigenvalue weighted by molar-refractivity contribution is -0.121. The topological polar surface area (TPSA) is 67.1 Å². The smallest absolute Gasteiger partial charge is 0.220 e. The van der Waals surface area contributed by atoms with Gasteiger partial charge in [-0.15, -0.1) is 0 Å². The van der Waals surface area contributed by atoms with Crippen molar-refractivity contribution in [3.63, 3.8) is 0 Å². The molecule has 1 amide bonds. The van der Waals surface area contributed by atoms with E-state index in [1.807, 2.05) is 7.05 Å². The molecular formula is C8H19N3O. The van der Waals surface area contributed by atoms with Gasteiger partial charge in [0.05, 0.1) is 0 Å².